The van der Waals surface area contributed by atoms with E-state index in [2.05, 4.69) is 109 Å². The van der Waals surface area contributed by atoms with Crippen LogP contribution in [-0.4, -0.2) is 24.7 Å². The van der Waals surface area contributed by atoms with Crippen LogP contribution in [0.15, 0.2) is 51.7 Å². The van der Waals surface area contributed by atoms with Crippen molar-refractivity contribution in [2.24, 2.45) is 10.2 Å². The van der Waals surface area contributed by atoms with Gasteiger partial charge in [-0.3, -0.25) is 0 Å². The van der Waals surface area contributed by atoms with Gasteiger partial charge in [0.25, 0.3) is 0 Å². The third kappa shape index (κ3) is 7.65. The van der Waals surface area contributed by atoms with Crippen molar-refractivity contribution in [2.45, 2.75) is 81.1 Å². The molecular formula is C40H43N11S2. The minimum Gasteiger partial charge on any atom is -0.338 e. The van der Waals surface area contributed by atoms with E-state index in [1.807, 2.05) is 34.6 Å². The molecule has 3 heterocycles. The highest BCUT2D eigenvalue weighted by Gasteiger charge is 2.21. The number of nitriles is 1. The molecule has 0 radical (unpaired) electrons. The molecule has 0 fully saturated rings. The number of anilines is 6. The van der Waals surface area contributed by atoms with E-state index in [-0.39, 0.29) is 11.4 Å². The summed E-state index contributed by atoms with van der Waals surface area (Å²) in [5, 5.41) is 35.3. The van der Waals surface area contributed by atoms with Gasteiger partial charge in [-0.05, 0) is 115 Å². The van der Waals surface area contributed by atoms with Crippen LogP contribution in [0.3, 0.4) is 0 Å². The van der Waals surface area contributed by atoms with Crippen LogP contribution in [0, 0.1) is 87.5 Å². The molecule has 11 nitrogen and oxygen atoms in total. The van der Waals surface area contributed by atoms with Crippen molar-refractivity contribution in [1.82, 2.24) is 24.7 Å². The van der Waals surface area contributed by atoms with E-state index in [1.54, 1.807) is 10.9 Å². The Hall–Kier alpha value is -5.58. The minimum atomic E-state index is 0.144. The summed E-state index contributed by atoms with van der Waals surface area (Å²) in [5.41, 5.74) is 13.7. The van der Waals surface area contributed by atoms with Crippen molar-refractivity contribution in [3.05, 3.63) is 103 Å². The summed E-state index contributed by atoms with van der Waals surface area (Å²) in [6.45, 7) is 22.5. The summed E-state index contributed by atoms with van der Waals surface area (Å²) in [6.07, 6.45) is 1.62. The van der Waals surface area contributed by atoms with E-state index in [9.17, 15) is 5.26 Å². The second-order valence-corrected chi connectivity index (χ2v) is 15.3. The van der Waals surface area contributed by atoms with Crippen molar-refractivity contribution in [3.63, 3.8) is 0 Å². The molecule has 0 bridgehead atoms. The third-order valence-electron chi connectivity index (χ3n) is 9.17. The third-order valence-corrected chi connectivity index (χ3v) is 10.9. The molecule has 0 saturated heterocycles. The Balaban J connectivity index is 1.58. The number of hydrogen-bond acceptors (Lipinski definition) is 12. The van der Waals surface area contributed by atoms with Crippen LogP contribution in [0.1, 0.15) is 66.2 Å². The van der Waals surface area contributed by atoms with Crippen LogP contribution in [0.4, 0.5) is 46.2 Å². The zero-order valence-corrected chi connectivity index (χ0v) is 33.6. The molecule has 0 aliphatic heterocycles. The monoisotopic (exact) mass is 741 g/mol. The first-order valence-corrected chi connectivity index (χ1v) is 18.4. The summed E-state index contributed by atoms with van der Waals surface area (Å²) in [4.78, 5) is 16.6. The van der Waals surface area contributed by atoms with Gasteiger partial charge in [0.1, 0.15) is 11.6 Å². The molecule has 270 valence electrons. The number of azo groups is 1. The maximum Gasteiger partial charge on any atom is 0.231 e. The van der Waals surface area contributed by atoms with Gasteiger partial charge >= 0.3 is 0 Å². The zero-order chi connectivity index (χ0) is 38.3. The standard InChI is InChI=1S/C40H43N11S2/c1-19-12-21(3)31(22(4)13-19)43-37-34(48-49-36-30(17-41)18-51(50-36)40-42-28(10)29(11)53-40)38(44-33-25(7)16-26(8)35(52)27(33)9)47-39(46-37)45-32-23(5)14-20(2)15-24(32)6/h12-16,18,52H,1-11H3,(H3,43,44,45,46,47). The van der Waals surface area contributed by atoms with E-state index in [4.69, 9.17) is 27.7 Å². The molecule has 0 aliphatic rings. The molecule has 6 aromatic rings. The summed E-state index contributed by atoms with van der Waals surface area (Å²) in [6, 6.07) is 12.8. The Kier molecular flexibility index (Phi) is 10.4. The van der Waals surface area contributed by atoms with Crippen molar-refractivity contribution in [3.8, 4) is 11.2 Å². The Labute approximate surface area is 320 Å². The zero-order valence-electron chi connectivity index (χ0n) is 31.9. The average Bonchev–Trinajstić information content (AvgIpc) is 3.66. The van der Waals surface area contributed by atoms with E-state index in [0.29, 0.717) is 28.4 Å². The van der Waals surface area contributed by atoms with Crippen LogP contribution < -0.4 is 16.0 Å². The summed E-state index contributed by atoms with van der Waals surface area (Å²) in [5.74, 6) is 1.30. The predicted molar refractivity (Wildman–Crippen MR) is 219 cm³/mol. The maximum atomic E-state index is 10.1. The predicted octanol–water partition coefficient (Wildman–Crippen LogP) is 11.3. The molecule has 6 rings (SSSR count). The lowest BCUT2D eigenvalue weighted by Crippen LogP contribution is -2.08. The minimum absolute atomic E-state index is 0.144. The maximum absolute atomic E-state index is 10.1. The van der Waals surface area contributed by atoms with Gasteiger partial charge in [-0.1, -0.05) is 52.8 Å². The highest BCUT2D eigenvalue weighted by Crippen LogP contribution is 2.41. The Morgan fingerprint density at radius 1 is 0.679 bits per heavy atom. The van der Waals surface area contributed by atoms with E-state index in [0.717, 1.165) is 77.0 Å². The number of nitrogens with zero attached hydrogens (tertiary/aromatic N) is 8. The molecule has 3 N–H and O–H groups in total. The van der Waals surface area contributed by atoms with Gasteiger partial charge in [0.15, 0.2) is 17.3 Å². The van der Waals surface area contributed by atoms with E-state index >= 15 is 0 Å². The van der Waals surface area contributed by atoms with Gasteiger partial charge in [-0.25, -0.2) is 9.67 Å². The van der Waals surface area contributed by atoms with Crippen LogP contribution >= 0.6 is 24.0 Å². The van der Waals surface area contributed by atoms with Crippen LogP contribution in [0.2, 0.25) is 0 Å². The van der Waals surface area contributed by atoms with Crippen molar-refractivity contribution in [2.75, 3.05) is 16.0 Å². The number of thiazole rings is 1. The van der Waals surface area contributed by atoms with Gasteiger partial charge < -0.3 is 16.0 Å². The highest BCUT2D eigenvalue weighted by atomic mass is 32.1. The molecule has 53 heavy (non-hydrogen) atoms. The normalized spacial score (nSPS) is 11.3. The Morgan fingerprint density at radius 2 is 1.21 bits per heavy atom. The summed E-state index contributed by atoms with van der Waals surface area (Å²) in [7, 11) is 0. The highest BCUT2D eigenvalue weighted by molar-refractivity contribution is 7.80. The van der Waals surface area contributed by atoms with Crippen molar-refractivity contribution in [1.29, 1.82) is 5.26 Å². The van der Waals surface area contributed by atoms with Gasteiger partial charge in [0.2, 0.25) is 16.9 Å². The van der Waals surface area contributed by atoms with Crippen LogP contribution in [-0.2, 0) is 0 Å². The quantitative estimate of drug-likeness (QED) is 0.0847. The fourth-order valence-electron chi connectivity index (χ4n) is 6.52. The van der Waals surface area contributed by atoms with Gasteiger partial charge in [0, 0.05) is 26.8 Å². The lowest BCUT2D eigenvalue weighted by molar-refractivity contribution is 0.860. The first kappa shape index (κ1) is 37.2. The number of nitrogens with one attached hydrogen (secondary N) is 3. The summed E-state index contributed by atoms with van der Waals surface area (Å²) < 4.78 is 1.57. The second-order valence-electron chi connectivity index (χ2n) is 13.6. The van der Waals surface area contributed by atoms with Crippen molar-refractivity contribution >= 4 is 70.1 Å². The van der Waals surface area contributed by atoms with Crippen LogP contribution in [0.25, 0.3) is 5.13 Å². The fourth-order valence-corrected chi connectivity index (χ4v) is 7.53. The fraction of sp³-hybridized carbons (Fsp3) is 0.275. The number of hydrogen-bond donors (Lipinski definition) is 4. The van der Waals surface area contributed by atoms with Gasteiger partial charge in [-0.2, -0.15) is 15.2 Å². The molecule has 0 atom stereocenters. The molecule has 0 unspecified atom stereocenters. The number of thiol groups is 1. The smallest absolute Gasteiger partial charge is 0.231 e. The van der Waals surface area contributed by atoms with E-state index < -0.39 is 0 Å². The first-order chi connectivity index (χ1) is 25.1. The Bertz CT molecular complexity index is 2420. The SMILES string of the molecule is Cc1cc(C)c(Nc2nc(Nc3c(C)cc(C)cc3C)c(N=Nc3nn(-c4nc(C)c(C)s4)cc3C#N)c(Nc3c(C)cc(C)c(S)c3C)n2)c(C)c1. The topological polar surface area (TPSA) is 141 Å². The largest absolute Gasteiger partial charge is 0.338 e. The lowest BCUT2D eigenvalue weighted by Gasteiger charge is -2.20. The molecule has 0 amide bonds. The van der Waals surface area contributed by atoms with Crippen LogP contribution in [0.5, 0.6) is 0 Å². The van der Waals surface area contributed by atoms with E-state index in [1.165, 1.54) is 16.9 Å². The molecular weight excluding hydrogens is 699 g/mol. The molecule has 13 heteroatoms. The lowest BCUT2D eigenvalue weighted by atomic mass is 10.0. The number of benzene rings is 3. The van der Waals surface area contributed by atoms with Gasteiger partial charge in [-0.15, -0.1) is 28.0 Å². The number of aromatic nitrogens is 5. The van der Waals surface area contributed by atoms with Crippen molar-refractivity contribution < 1.29 is 0 Å². The number of rotatable bonds is 9. The van der Waals surface area contributed by atoms with Gasteiger partial charge in [0.05, 0.1) is 11.9 Å². The molecule has 3 aromatic heterocycles. The first-order valence-electron chi connectivity index (χ1n) is 17.2. The molecule has 3 aromatic carbocycles. The number of aryl methyl sites for hydroxylation is 10. The molecule has 0 saturated carbocycles. The Morgan fingerprint density at radius 3 is 1.74 bits per heavy atom. The molecule has 0 aliphatic carbocycles. The second kappa shape index (κ2) is 14.8. The molecule has 0 spiro atoms. The summed E-state index contributed by atoms with van der Waals surface area (Å²) >= 11 is 6.31. The average molecular weight is 742 g/mol.